The van der Waals surface area contributed by atoms with E-state index in [-0.39, 0.29) is 34.2 Å². The lowest BCUT2D eigenvalue weighted by Gasteiger charge is -2.35. The van der Waals surface area contributed by atoms with Crippen molar-refractivity contribution in [2.75, 3.05) is 32.9 Å². The van der Waals surface area contributed by atoms with Crippen LogP contribution in [-0.4, -0.2) is 42.9 Å². The van der Waals surface area contributed by atoms with Crippen molar-refractivity contribution < 1.29 is 9.50 Å². The van der Waals surface area contributed by atoms with Gasteiger partial charge in [0.25, 0.3) is 0 Å². The first-order valence-electron chi connectivity index (χ1n) is 6.32. The Morgan fingerprint density at radius 1 is 1.25 bits per heavy atom. The van der Waals surface area contributed by atoms with Crippen molar-refractivity contribution in [2.45, 2.75) is 12.5 Å². The first kappa shape index (κ1) is 17.8. The summed E-state index contributed by atoms with van der Waals surface area (Å²) in [6.07, 6.45) is 0.400. The van der Waals surface area contributed by atoms with Gasteiger partial charge in [0.2, 0.25) is 0 Å². The van der Waals surface area contributed by atoms with Crippen molar-refractivity contribution in [1.29, 1.82) is 0 Å². The van der Waals surface area contributed by atoms with Gasteiger partial charge in [0.05, 0.1) is 16.7 Å². The number of rotatable bonds is 4. The highest BCUT2D eigenvalue weighted by Gasteiger charge is 2.23. The zero-order valence-electron chi connectivity index (χ0n) is 10.9. The maximum atomic E-state index is 12.8. The number of aromatic hydroxyl groups is 1. The fourth-order valence-corrected chi connectivity index (χ4v) is 2.94. The first-order chi connectivity index (χ1) is 9.13. The molecule has 0 saturated carbocycles. The second kappa shape index (κ2) is 8.25. The van der Waals surface area contributed by atoms with E-state index >= 15 is 0 Å². The lowest BCUT2D eigenvalue weighted by Crippen LogP contribution is -2.45. The van der Waals surface area contributed by atoms with Crippen LogP contribution in [0.4, 0.5) is 4.39 Å². The molecule has 1 saturated heterocycles. The molecule has 0 spiro atoms. The topological polar surface area (TPSA) is 35.5 Å². The van der Waals surface area contributed by atoms with E-state index in [9.17, 15) is 9.50 Å². The molecule has 0 aromatic heterocycles. The van der Waals surface area contributed by atoms with Gasteiger partial charge in [-0.3, -0.25) is 9.29 Å². The van der Waals surface area contributed by atoms with Gasteiger partial charge >= 0.3 is 0 Å². The molecule has 0 radical (unpaired) electrons. The third-order valence-corrected chi connectivity index (χ3v) is 3.98. The van der Waals surface area contributed by atoms with Crippen LogP contribution in [0.25, 0.3) is 0 Å². The van der Waals surface area contributed by atoms with E-state index in [1.807, 2.05) is 0 Å². The molecule has 20 heavy (non-hydrogen) atoms. The highest BCUT2D eigenvalue weighted by atomic mass is 35.5. The Morgan fingerprint density at radius 3 is 2.30 bits per heavy atom. The number of alkyl halides is 1. The van der Waals surface area contributed by atoms with Crippen LogP contribution in [0.3, 0.4) is 0 Å². The van der Waals surface area contributed by atoms with Crippen molar-refractivity contribution in [3.63, 3.8) is 0 Å². The smallest absolute Gasteiger partial charge is 0.152 e. The van der Waals surface area contributed by atoms with Gasteiger partial charge in [-0.1, -0.05) is 23.2 Å². The number of hydrogen-bond donors (Lipinski definition) is 2. The second-order valence-electron chi connectivity index (χ2n) is 4.61. The van der Waals surface area contributed by atoms with Gasteiger partial charge in [0.15, 0.2) is 5.75 Å². The summed E-state index contributed by atoms with van der Waals surface area (Å²) in [4.78, 5) is 2.22. The van der Waals surface area contributed by atoms with Crippen molar-refractivity contribution in [3.8, 4) is 5.75 Å². The zero-order chi connectivity index (χ0) is 13.8. The number of nitrogens with zero attached hydrogens (tertiary/aromatic N) is 1. The molecule has 2 rings (SSSR count). The third-order valence-electron chi connectivity index (χ3n) is 3.40. The molecule has 0 amide bonds. The van der Waals surface area contributed by atoms with Crippen LogP contribution in [0.1, 0.15) is 18.0 Å². The standard InChI is InChI=1S/C13H17Cl2FN2O.ClH/c14-10-7-9(8-11(15)13(10)19)12(1-2-16)18-5-3-17-4-6-18;/h7-8,12,17,19H,1-6H2;1H/t12-;/m0./s1. The van der Waals surface area contributed by atoms with Gasteiger partial charge < -0.3 is 10.4 Å². The monoisotopic (exact) mass is 342 g/mol. The van der Waals surface area contributed by atoms with Gasteiger partial charge in [-0.2, -0.15) is 0 Å². The van der Waals surface area contributed by atoms with E-state index in [4.69, 9.17) is 23.2 Å². The molecule has 0 aliphatic carbocycles. The first-order valence-corrected chi connectivity index (χ1v) is 7.07. The molecular weight excluding hydrogens is 326 g/mol. The van der Waals surface area contributed by atoms with Gasteiger partial charge in [0.1, 0.15) is 0 Å². The van der Waals surface area contributed by atoms with Crippen LogP contribution in [0.5, 0.6) is 5.75 Å². The van der Waals surface area contributed by atoms with E-state index in [1.165, 1.54) is 0 Å². The number of nitrogens with one attached hydrogen (secondary N) is 1. The Morgan fingerprint density at radius 2 is 1.80 bits per heavy atom. The Kier molecular flexibility index (Phi) is 7.34. The molecule has 114 valence electrons. The molecule has 1 aliphatic heterocycles. The molecule has 2 N–H and O–H groups in total. The van der Waals surface area contributed by atoms with Gasteiger partial charge in [-0.15, -0.1) is 12.4 Å². The second-order valence-corrected chi connectivity index (χ2v) is 5.43. The van der Waals surface area contributed by atoms with Crippen LogP contribution >= 0.6 is 35.6 Å². The maximum absolute atomic E-state index is 12.8. The molecule has 1 atom stereocenters. The minimum absolute atomic E-state index is 0. The highest BCUT2D eigenvalue weighted by molar-refractivity contribution is 6.37. The predicted octanol–water partition coefficient (Wildman–Crippen LogP) is 3.43. The number of phenolic OH excluding ortho intramolecular Hbond substituents is 1. The van der Waals surface area contributed by atoms with Crippen LogP contribution in [0.15, 0.2) is 12.1 Å². The Hall–Kier alpha value is -0.260. The Balaban J connectivity index is 0.00000200. The molecule has 0 unspecified atom stereocenters. The largest absolute Gasteiger partial charge is 0.505 e. The van der Waals surface area contributed by atoms with Crippen LogP contribution in [0.2, 0.25) is 10.0 Å². The molecule has 1 aromatic rings. The van der Waals surface area contributed by atoms with Gasteiger partial charge in [0, 0.05) is 32.2 Å². The van der Waals surface area contributed by atoms with Crippen molar-refractivity contribution in [3.05, 3.63) is 27.7 Å². The van der Waals surface area contributed by atoms with Gasteiger partial charge in [-0.05, 0) is 24.1 Å². The van der Waals surface area contributed by atoms with E-state index in [0.29, 0.717) is 6.42 Å². The van der Waals surface area contributed by atoms with Gasteiger partial charge in [-0.25, -0.2) is 0 Å². The number of phenols is 1. The van der Waals surface area contributed by atoms with Crippen molar-refractivity contribution >= 4 is 35.6 Å². The predicted molar refractivity (Wildman–Crippen MR) is 83.2 cm³/mol. The summed E-state index contributed by atoms with van der Waals surface area (Å²) in [6.45, 7) is 3.11. The highest BCUT2D eigenvalue weighted by Crippen LogP contribution is 2.37. The van der Waals surface area contributed by atoms with E-state index in [2.05, 4.69) is 10.2 Å². The molecular formula is C13H18Cl3FN2O. The SMILES string of the molecule is Cl.Oc1c(Cl)cc([C@H](CCF)N2CCNCC2)cc1Cl. The van der Waals surface area contributed by atoms with Crippen molar-refractivity contribution in [2.24, 2.45) is 0 Å². The molecule has 1 aromatic carbocycles. The molecule has 1 aliphatic rings. The van der Waals surface area contributed by atoms with E-state index < -0.39 is 6.67 Å². The van der Waals surface area contributed by atoms with Crippen LogP contribution in [0, 0.1) is 0 Å². The molecule has 0 bridgehead atoms. The van der Waals surface area contributed by atoms with Crippen LogP contribution in [-0.2, 0) is 0 Å². The fraction of sp³-hybridized carbons (Fsp3) is 0.538. The number of benzene rings is 1. The summed E-state index contributed by atoms with van der Waals surface area (Å²) in [5.74, 6) is -0.119. The third kappa shape index (κ3) is 4.12. The van der Waals surface area contributed by atoms with E-state index in [0.717, 1.165) is 31.7 Å². The Bertz CT molecular complexity index is 419. The minimum Gasteiger partial charge on any atom is -0.505 e. The average molecular weight is 344 g/mol. The molecule has 1 fully saturated rings. The molecule has 3 nitrogen and oxygen atoms in total. The quantitative estimate of drug-likeness (QED) is 0.879. The lowest BCUT2D eigenvalue weighted by molar-refractivity contribution is 0.157. The maximum Gasteiger partial charge on any atom is 0.152 e. The van der Waals surface area contributed by atoms with Crippen molar-refractivity contribution in [1.82, 2.24) is 10.2 Å². The molecule has 1 heterocycles. The summed E-state index contributed by atoms with van der Waals surface area (Å²) in [7, 11) is 0. The molecule has 7 heteroatoms. The summed E-state index contributed by atoms with van der Waals surface area (Å²) < 4.78 is 12.8. The summed E-state index contributed by atoms with van der Waals surface area (Å²) in [6, 6.07) is 3.29. The number of piperazine rings is 1. The zero-order valence-corrected chi connectivity index (χ0v) is 13.2. The number of hydrogen-bond acceptors (Lipinski definition) is 3. The van der Waals surface area contributed by atoms with E-state index in [1.54, 1.807) is 12.1 Å². The normalized spacial score (nSPS) is 17.6. The summed E-state index contributed by atoms with van der Waals surface area (Å²) in [5, 5.41) is 13.3. The average Bonchev–Trinajstić information content (AvgIpc) is 2.42. The van der Waals surface area contributed by atoms with Crippen LogP contribution < -0.4 is 5.32 Å². The summed E-state index contributed by atoms with van der Waals surface area (Å²) >= 11 is 11.9. The minimum atomic E-state index is -0.398. The summed E-state index contributed by atoms with van der Waals surface area (Å²) in [5.41, 5.74) is 0.854. The lowest BCUT2D eigenvalue weighted by atomic mass is 10.0. The number of halogens is 4. The fourth-order valence-electron chi connectivity index (χ4n) is 2.43. The Labute approximate surface area is 134 Å².